The smallest absolute Gasteiger partial charge is 0.244 e. The predicted octanol–water partition coefficient (Wildman–Crippen LogP) is 4.06. The van der Waals surface area contributed by atoms with E-state index in [1.807, 2.05) is 38.1 Å². The highest BCUT2D eigenvalue weighted by Crippen LogP contribution is 2.27. The molecule has 2 rings (SSSR count). The molecule has 0 heterocycles. The number of amides is 2. The molecule has 7 nitrogen and oxygen atoms in total. The zero-order valence-electron chi connectivity index (χ0n) is 19.1. The molecule has 0 spiro atoms. The van der Waals surface area contributed by atoms with Gasteiger partial charge in [0.25, 0.3) is 0 Å². The Morgan fingerprint density at radius 2 is 1.76 bits per heavy atom. The number of halogens is 2. The molecule has 1 N–H and O–H groups in total. The van der Waals surface area contributed by atoms with Gasteiger partial charge in [0.15, 0.2) is 0 Å². The van der Waals surface area contributed by atoms with Crippen molar-refractivity contribution in [1.29, 1.82) is 0 Å². The van der Waals surface area contributed by atoms with Crippen LogP contribution in [0.25, 0.3) is 0 Å². The number of nitrogens with one attached hydrogen (secondary N) is 1. The van der Waals surface area contributed by atoms with Gasteiger partial charge in [0.2, 0.25) is 21.8 Å². The van der Waals surface area contributed by atoms with E-state index in [0.717, 1.165) is 20.6 Å². The van der Waals surface area contributed by atoms with Gasteiger partial charge in [-0.05, 0) is 42.7 Å². The van der Waals surface area contributed by atoms with Crippen LogP contribution in [0.4, 0.5) is 5.69 Å². The highest BCUT2D eigenvalue weighted by Gasteiger charge is 2.30. The Morgan fingerprint density at radius 1 is 1.09 bits per heavy atom. The molecule has 33 heavy (non-hydrogen) atoms. The number of hydrogen-bond acceptors (Lipinski definition) is 4. The highest BCUT2D eigenvalue weighted by molar-refractivity contribution is 9.10. The molecule has 0 aromatic heterocycles. The molecular formula is C23H29BrClN3O4S. The topological polar surface area (TPSA) is 86.8 Å². The number of benzene rings is 2. The maximum atomic E-state index is 13.4. The van der Waals surface area contributed by atoms with Crippen molar-refractivity contribution in [3.63, 3.8) is 0 Å². The van der Waals surface area contributed by atoms with E-state index in [0.29, 0.717) is 6.54 Å². The molecule has 0 saturated heterocycles. The lowest BCUT2D eigenvalue weighted by molar-refractivity contribution is -0.139. The van der Waals surface area contributed by atoms with Crippen molar-refractivity contribution in [2.75, 3.05) is 23.7 Å². The van der Waals surface area contributed by atoms with Gasteiger partial charge in [-0.1, -0.05) is 65.6 Å². The third kappa shape index (κ3) is 8.01. The minimum Gasteiger partial charge on any atom is -0.354 e. The average Bonchev–Trinajstić information content (AvgIpc) is 2.73. The highest BCUT2D eigenvalue weighted by atomic mass is 79.9. The summed E-state index contributed by atoms with van der Waals surface area (Å²) in [6, 6.07) is 13.0. The zero-order valence-corrected chi connectivity index (χ0v) is 22.2. The predicted molar refractivity (Wildman–Crippen MR) is 136 cm³/mol. The molecule has 10 heteroatoms. The van der Waals surface area contributed by atoms with Crippen molar-refractivity contribution in [3.05, 3.63) is 63.6 Å². The lowest BCUT2D eigenvalue weighted by atomic mass is 10.1. The van der Waals surface area contributed by atoms with Gasteiger partial charge in [0, 0.05) is 17.6 Å². The monoisotopic (exact) mass is 557 g/mol. The molecule has 0 bridgehead atoms. The van der Waals surface area contributed by atoms with E-state index in [1.165, 1.54) is 11.0 Å². The maximum absolute atomic E-state index is 13.4. The Balaban J connectivity index is 2.38. The summed E-state index contributed by atoms with van der Waals surface area (Å²) in [5.74, 6) is -0.584. The fourth-order valence-corrected chi connectivity index (χ4v) is 4.71. The van der Waals surface area contributed by atoms with Gasteiger partial charge < -0.3 is 10.2 Å². The second kappa shape index (κ2) is 11.9. The molecule has 0 aliphatic carbocycles. The molecule has 2 aromatic rings. The van der Waals surface area contributed by atoms with Gasteiger partial charge in [-0.25, -0.2) is 8.42 Å². The maximum Gasteiger partial charge on any atom is 0.244 e. The van der Waals surface area contributed by atoms with E-state index in [9.17, 15) is 18.0 Å². The first-order valence-corrected chi connectivity index (χ1v) is 13.5. The Morgan fingerprint density at radius 3 is 2.33 bits per heavy atom. The number of nitrogens with zero attached hydrogens (tertiary/aromatic N) is 2. The lowest BCUT2D eigenvalue weighted by Gasteiger charge is -2.32. The third-order valence-electron chi connectivity index (χ3n) is 4.89. The Kier molecular flexibility index (Phi) is 9.75. The molecule has 0 unspecified atom stereocenters. The van der Waals surface area contributed by atoms with Crippen LogP contribution in [0.1, 0.15) is 26.3 Å². The third-order valence-corrected chi connectivity index (χ3v) is 6.83. The van der Waals surface area contributed by atoms with Crippen molar-refractivity contribution in [2.24, 2.45) is 5.92 Å². The van der Waals surface area contributed by atoms with Gasteiger partial charge in [-0.3, -0.25) is 13.9 Å². The van der Waals surface area contributed by atoms with E-state index in [-0.39, 0.29) is 29.1 Å². The Hall–Kier alpha value is -2.10. The summed E-state index contributed by atoms with van der Waals surface area (Å²) in [6.07, 6.45) is 1.01. The number of carbonyl (C=O) groups is 2. The molecule has 0 fully saturated rings. The van der Waals surface area contributed by atoms with Crippen molar-refractivity contribution in [2.45, 2.75) is 33.4 Å². The molecule has 0 saturated carbocycles. The first-order valence-electron chi connectivity index (χ1n) is 10.4. The lowest BCUT2D eigenvalue weighted by Crippen LogP contribution is -2.51. The molecule has 1 atom stereocenters. The summed E-state index contributed by atoms with van der Waals surface area (Å²) < 4.78 is 26.9. The van der Waals surface area contributed by atoms with Crippen molar-refractivity contribution < 1.29 is 18.0 Å². The summed E-state index contributed by atoms with van der Waals surface area (Å²) in [6.45, 7) is 5.70. The standard InChI is InChI=1S/C23H29BrClN3O4S/c1-16(2)13-26-23(30)17(3)27(14-18-8-7-9-19(24)12-18)22(29)15-28(33(4,31)32)21-11-6-5-10-20(21)25/h5-12,16-17H,13-15H2,1-4H3,(H,26,30)/t17-/m1/s1. The van der Waals surface area contributed by atoms with Crippen LogP contribution < -0.4 is 9.62 Å². The largest absolute Gasteiger partial charge is 0.354 e. The van der Waals surface area contributed by atoms with Gasteiger partial charge in [0.1, 0.15) is 12.6 Å². The SMILES string of the molecule is CC(C)CNC(=O)[C@@H](C)N(Cc1cccc(Br)c1)C(=O)CN(c1ccccc1Cl)S(C)(=O)=O. The summed E-state index contributed by atoms with van der Waals surface area (Å²) in [7, 11) is -3.82. The van der Waals surface area contributed by atoms with Crippen LogP contribution in [-0.2, 0) is 26.2 Å². The number of hydrogen-bond donors (Lipinski definition) is 1. The van der Waals surface area contributed by atoms with Gasteiger partial charge in [0.05, 0.1) is 17.0 Å². The van der Waals surface area contributed by atoms with Crippen molar-refractivity contribution in [1.82, 2.24) is 10.2 Å². The van der Waals surface area contributed by atoms with E-state index >= 15 is 0 Å². The minimum atomic E-state index is -3.82. The van der Waals surface area contributed by atoms with Crippen LogP contribution in [0.15, 0.2) is 53.0 Å². The molecule has 180 valence electrons. The average molecular weight is 559 g/mol. The van der Waals surface area contributed by atoms with Crippen molar-refractivity contribution >= 4 is 55.1 Å². The molecule has 0 aliphatic heterocycles. The molecule has 0 aliphatic rings. The van der Waals surface area contributed by atoms with Crippen LogP contribution in [0, 0.1) is 5.92 Å². The van der Waals surface area contributed by atoms with E-state index < -0.39 is 28.5 Å². The quantitative estimate of drug-likeness (QED) is 0.477. The second-order valence-corrected chi connectivity index (χ2v) is 11.4. The van der Waals surface area contributed by atoms with Gasteiger partial charge in [-0.2, -0.15) is 0 Å². The molecular weight excluding hydrogens is 530 g/mol. The number of rotatable bonds is 10. The minimum absolute atomic E-state index is 0.134. The summed E-state index contributed by atoms with van der Waals surface area (Å²) >= 11 is 9.63. The summed E-state index contributed by atoms with van der Waals surface area (Å²) in [5.41, 5.74) is 0.999. The molecule has 2 amide bonds. The summed E-state index contributed by atoms with van der Waals surface area (Å²) in [5, 5.41) is 3.05. The van der Waals surface area contributed by atoms with Crippen LogP contribution in [0.3, 0.4) is 0 Å². The Bertz CT molecular complexity index is 1090. The van der Waals surface area contributed by atoms with Crippen LogP contribution in [0.2, 0.25) is 5.02 Å². The van der Waals surface area contributed by atoms with Crippen molar-refractivity contribution in [3.8, 4) is 0 Å². The number of carbonyl (C=O) groups excluding carboxylic acids is 2. The zero-order chi connectivity index (χ0) is 24.8. The number of anilines is 1. The molecule has 2 aromatic carbocycles. The normalized spacial score (nSPS) is 12.3. The van der Waals surface area contributed by atoms with E-state index in [4.69, 9.17) is 11.6 Å². The first kappa shape index (κ1) is 27.1. The van der Waals surface area contributed by atoms with Crippen LogP contribution >= 0.6 is 27.5 Å². The van der Waals surface area contributed by atoms with Gasteiger partial charge >= 0.3 is 0 Å². The first-order chi connectivity index (χ1) is 15.4. The fraction of sp³-hybridized carbons (Fsp3) is 0.391. The van der Waals surface area contributed by atoms with Crippen LogP contribution in [-0.4, -0.2) is 50.5 Å². The second-order valence-electron chi connectivity index (χ2n) is 8.19. The van der Waals surface area contributed by atoms with Crippen LogP contribution in [0.5, 0.6) is 0 Å². The fourth-order valence-electron chi connectivity index (χ4n) is 3.12. The van der Waals surface area contributed by atoms with E-state index in [2.05, 4.69) is 21.2 Å². The molecule has 0 radical (unpaired) electrons. The number of sulfonamides is 1. The summed E-state index contributed by atoms with van der Waals surface area (Å²) in [4.78, 5) is 27.6. The van der Waals surface area contributed by atoms with Gasteiger partial charge in [-0.15, -0.1) is 0 Å². The Labute approximate surface area is 209 Å². The number of para-hydroxylation sites is 1. The van der Waals surface area contributed by atoms with E-state index in [1.54, 1.807) is 25.1 Å².